The Kier molecular flexibility index (Phi) is 5.28. The maximum atomic E-state index is 14.4. The summed E-state index contributed by atoms with van der Waals surface area (Å²) in [6.45, 7) is 4.66. The lowest BCUT2D eigenvalue weighted by molar-refractivity contribution is -0.137. The van der Waals surface area contributed by atoms with Gasteiger partial charge in [0, 0.05) is 44.9 Å². The summed E-state index contributed by atoms with van der Waals surface area (Å²) in [5, 5.41) is 3.18. The van der Waals surface area contributed by atoms with E-state index >= 15 is 0 Å². The average molecular weight is 398 g/mol. The molecule has 2 aromatic rings. The van der Waals surface area contributed by atoms with Gasteiger partial charge >= 0.3 is 0 Å². The van der Waals surface area contributed by atoms with Gasteiger partial charge in [0.2, 0.25) is 11.8 Å². The molecule has 152 valence electrons. The highest BCUT2D eigenvalue weighted by molar-refractivity contribution is 5.83. The maximum absolute atomic E-state index is 14.4. The lowest BCUT2D eigenvalue weighted by atomic mass is 10.1. The number of piperazine rings is 1. The normalized spacial score (nSPS) is 15.9. The van der Waals surface area contributed by atoms with Crippen LogP contribution in [0.25, 0.3) is 11.3 Å². The van der Waals surface area contributed by atoms with Gasteiger partial charge in [-0.2, -0.15) is 0 Å². The predicted molar refractivity (Wildman–Crippen MR) is 107 cm³/mol. The highest BCUT2D eigenvalue weighted by Gasteiger charge is 2.25. The second kappa shape index (κ2) is 8.02. The lowest BCUT2D eigenvalue weighted by Gasteiger charge is -2.34. The zero-order chi connectivity index (χ0) is 20.4. The number of aliphatic imine (C=N–C) groups is 1. The van der Waals surface area contributed by atoms with Crippen LogP contribution in [0.5, 0.6) is 0 Å². The summed E-state index contributed by atoms with van der Waals surface area (Å²) in [5.74, 6) is 0.950. The molecule has 1 aromatic carbocycles. The van der Waals surface area contributed by atoms with E-state index in [2.05, 4.69) is 15.3 Å². The van der Waals surface area contributed by atoms with Gasteiger partial charge in [-0.05, 0) is 12.1 Å². The molecule has 4 rings (SSSR count). The molecule has 1 saturated heterocycles. The Morgan fingerprint density at radius 3 is 2.59 bits per heavy atom. The van der Waals surface area contributed by atoms with Crippen LogP contribution in [0.3, 0.4) is 0 Å². The van der Waals surface area contributed by atoms with Crippen molar-refractivity contribution < 1.29 is 14.0 Å². The zero-order valence-corrected chi connectivity index (χ0v) is 16.3. The number of hydrogen-bond acceptors (Lipinski definition) is 5. The van der Waals surface area contributed by atoms with Gasteiger partial charge in [-0.15, -0.1) is 0 Å². The van der Waals surface area contributed by atoms with Crippen LogP contribution in [0.4, 0.5) is 10.2 Å². The van der Waals surface area contributed by atoms with Crippen LogP contribution in [0.1, 0.15) is 12.7 Å². The molecule has 2 aliphatic rings. The third-order valence-electron chi connectivity index (χ3n) is 5.29. The number of carbonyl (C=O) groups is 2. The third kappa shape index (κ3) is 3.85. The van der Waals surface area contributed by atoms with Gasteiger partial charge in [0.25, 0.3) is 0 Å². The monoisotopic (exact) mass is 398 g/mol. The number of imidazole rings is 1. The van der Waals surface area contributed by atoms with Crippen LogP contribution in [-0.2, 0) is 22.7 Å². The number of rotatable bonds is 4. The van der Waals surface area contributed by atoms with Crippen LogP contribution in [0.2, 0.25) is 0 Å². The van der Waals surface area contributed by atoms with Crippen molar-refractivity contribution in [3.05, 3.63) is 35.9 Å². The van der Waals surface area contributed by atoms with Crippen molar-refractivity contribution in [2.24, 2.45) is 4.99 Å². The van der Waals surface area contributed by atoms with Gasteiger partial charge in [0.1, 0.15) is 23.2 Å². The summed E-state index contributed by atoms with van der Waals surface area (Å²) in [6, 6.07) is 6.47. The highest BCUT2D eigenvalue weighted by atomic mass is 19.1. The molecule has 1 aromatic heterocycles. The van der Waals surface area contributed by atoms with E-state index in [9.17, 15) is 14.0 Å². The van der Waals surface area contributed by atoms with Gasteiger partial charge in [0.05, 0.1) is 19.6 Å². The van der Waals surface area contributed by atoms with Gasteiger partial charge in [-0.3, -0.25) is 14.6 Å². The Morgan fingerprint density at radius 2 is 1.86 bits per heavy atom. The first-order valence-corrected chi connectivity index (χ1v) is 9.64. The minimum Gasteiger partial charge on any atom is -0.361 e. The molecule has 0 atom stereocenters. The fourth-order valence-corrected chi connectivity index (χ4v) is 3.66. The number of halogens is 1. The number of nitrogens with one attached hydrogen (secondary N) is 1. The van der Waals surface area contributed by atoms with Crippen molar-refractivity contribution in [1.82, 2.24) is 19.4 Å². The fraction of sp³-hybridized carbons (Fsp3) is 0.400. The van der Waals surface area contributed by atoms with Crippen LogP contribution in [-0.4, -0.2) is 70.1 Å². The second-order valence-electron chi connectivity index (χ2n) is 7.08. The zero-order valence-electron chi connectivity index (χ0n) is 16.3. The molecule has 0 bridgehead atoms. The number of hydrogen-bond donors (Lipinski definition) is 1. The van der Waals surface area contributed by atoms with Gasteiger partial charge < -0.3 is 19.7 Å². The Bertz CT molecular complexity index is 962. The Morgan fingerprint density at radius 1 is 1.14 bits per heavy atom. The molecular weight excluding hydrogens is 375 g/mol. The molecule has 29 heavy (non-hydrogen) atoms. The molecule has 1 N–H and O–H groups in total. The largest absolute Gasteiger partial charge is 0.361 e. The smallest absolute Gasteiger partial charge is 0.242 e. The van der Waals surface area contributed by atoms with Crippen LogP contribution in [0.15, 0.2) is 29.3 Å². The number of anilines is 1. The lowest BCUT2D eigenvalue weighted by Crippen LogP contribution is -2.51. The predicted octanol–water partition coefficient (Wildman–Crippen LogP) is 1.38. The quantitative estimate of drug-likeness (QED) is 0.844. The number of fused-ring (bicyclic) bond motifs is 1. The highest BCUT2D eigenvalue weighted by Crippen LogP contribution is 2.31. The molecule has 1 fully saturated rings. The number of carbonyl (C=O) groups excluding carboxylic acids is 2. The molecule has 9 heteroatoms. The Balaban J connectivity index is 1.51. The summed E-state index contributed by atoms with van der Waals surface area (Å²) in [5.41, 5.74) is 0.872. The molecule has 0 unspecified atom stereocenters. The van der Waals surface area contributed by atoms with Crippen molar-refractivity contribution in [1.29, 1.82) is 0 Å². The van der Waals surface area contributed by atoms with Crippen LogP contribution >= 0.6 is 0 Å². The first kappa shape index (κ1) is 19.1. The minimum atomic E-state index is -0.362. The molecule has 0 aliphatic carbocycles. The molecule has 0 spiro atoms. The minimum absolute atomic E-state index is 0.0253. The Labute approximate surface area is 168 Å². The van der Waals surface area contributed by atoms with E-state index < -0.39 is 0 Å². The third-order valence-corrected chi connectivity index (χ3v) is 5.29. The number of nitrogens with zero attached hydrogens (tertiary/aromatic N) is 5. The van der Waals surface area contributed by atoms with Crippen molar-refractivity contribution >= 4 is 23.8 Å². The number of benzene rings is 1. The molecule has 0 saturated carbocycles. The van der Waals surface area contributed by atoms with E-state index in [1.807, 2.05) is 4.57 Å². The van der Waals surface area contributed by atoms with Gasteiger partial charge in [0.15, 0.2) is 0 Å². The summed E-state index contributed by atoms with van der Waals surface area (Å²) in [4.78, 5) is 36.4. The van der Waals surface area contributed by atoms with Crippen LogP contribution in [0, 0.1) is 5.82 Å². The molecule has 0 radical (unpaired) electrons. The van der Waals surface area contributed by atoms with E-state index in [0.29, 0.717) is 56.3 Å². The summed E-state index contributed by atoms with van der Waals surface area (Å²) in [6.07, 6.45) is 1.79. The summed E-state index contributed by atoms with van der Waals surface area (Å²) >= 11 is 0. The van der Waals surface area contributed by atoms with Crippen molar-refractivity contribution in [3.8, 4) is 11.3 Å². The van der Waals surface area contributed by atoms with Gasteiger partial charge in [-0.25, -0.2) is 9.37 Å². The summed E-state index contributed by atoms with van der Waals surface area (Å²) < 4.78 is 16.3. The Hall–Kier alpha value is -3.23. The summed E-state index contributed by atoms with van der Waals surface area (Å²) in [7, 11) is 0. The second-order valence-corrected chi connectivity index (χ2v) is 7.08. The standard InChI is InChI=1S/C20H23FN6O2/c1-14(28)25-8-10-26(11-9-25)18(29)13-23-20-19(15-4-2-3-5-16(15)21)24-17-12-22-6-7-27(17)20/h2-6,23H,7-13H2,1H3. The molecule has 2 amide bonds. The van der Waals surface area contributed by atoms with E-state index in [-0.39, 0.29) is 24.2 Å². The van der Waals surface area contributed by atoms with E-state index in [1.54, 1.807) is 34.2 Å². The number of aromatic nitrogens is 2. The van der Waals surface area contributed by atoms with E-state index in [4.69, 9.17) is 0 Å². The maximum Gasteiger partial charge on any atom is 0.242 e. The van der Waals surface area contributed by atoms with Crippen LogP contribution < -0.4 is 5.32 Å². The topological polar surface area (TPSA) is 82.8 Å². The SMILES string of the molecule is CC(=O)N1CCN(C(=O)CNc2c(-c3ccccc3F)nc3n2CC=NC3)CC1. The first-order chi connectivity index (χ1) is 14.0. The first-order valence-electron chi connectivity index (χ1n) is 9.64. The van der Waals surface area contributed by atoms with Crippen molar-refractivity contribution in [3.63, 3.8) is 0 Å². The average Bonchev–Trinajstić information content (AvgIpc) is 3.10. The number of amides is 2. The molecular formula is C20H23FN6O2. The van der Waals surface area contributed by atoms with Crippen molar-refractivity contribution in [2.75, 3.05) is 38.0 Å². The van der Waals surface area contributed by atoms with E-state index in [0.717, 1.165) is 5.82 Å². The van der Waals surface area contributed by atoms with Gasteiger partial charge in [-0.1, -0.05) is 12.1 Å². The van der Waals surface area contributed by atoms with E-state index in [1.165, 1.54) is 13.0 Å². The molecule has 3 heterocycles. The fourth-order valence-electron chi connectivity index (χ4n) is 3.66. The molecule has 8 nitrogen and oxygen atoms in total. The molecule has 2 aliphatic heterocycles. The van der Waals surface area contributed by atoms with Crippen molar-refractivity contribution in [2.45, 2.75) is 20.0 Å².